The second kappa shape index (κ2) is 5.31. The summed E-state index contributed by atoms with van der Waals surface area (Å²) in [7, 11) is 0. The van der Waals surface area contributed by atoms with Crippen LogP contribution in [0.5, 0.6) is 0 Å². The molecule has 0 saturated carbocycles. The number of halogens is 3. The lowest BCUT2D eigenvalue weighted by Crippen LogP contribution is -2.35. The molecule has 0 saturated heterocycles. The monoisotopic (exact) mass is 287 g/mol. The highest BCUT2D eigenvalue weighted by atomic mass is 19.4. The van der Waals surface area contributed by atoms with E-state index in [2.05, 4.69) is 19.9 Å². The average molecular weight is 287 g/mol. The Hall–Kier alpha value is -2.39. The van der Waals surface area contributed by atoms with E-state index < -0.39 is 12.7 Å². The standard InChI is InChI=1S/C10H12F3N7/c1-2-19(5-10(11,12)13)8-16-7(14)17-9(18-8)20-4-3-15-6-20/h3-4,6H,2,5H2,1H3,(H2,14,16,17,18). The molecule has 0 aliphatic carbocycles. The van der Waals surface area contributed by atoms with Crippen LogP contribution in [0.1, 0.15) is 6.92 Å². The Bertz CT molecular complexity index is 567. The van der Waals surface area contributed by atoms with E-state index in [-0.39, 0.29) is 24.4 Å². The van der Waals surface area contributed by atoms with Crippen molar-refractivity contribution in [1.82, 2.24) is 24.5 Å². The van der Waals surface area contributed by atoms with E-state index in [9.17, 15) is 13.2 Å². The van der Waals surface area contributed by atoms with E-state index in [4.69, 9.17) is 5.73 Å². The molecule has 2 heterocycles. The maximum Gasteiger partial charge on any atom is 0.406 e. The quantitative estimate of drug-likeness (QED) is 0.904. The van der Waals surface area contributed by atoms with Crippen LogP contribution in [-0.2, 0) is 0 Å². The maximum atomic E-state index is 12.5. The Morgan fingerprint density at radius 3 is 2.60 bits per heavy atom. The molecule has 2 aromatic heterocycles. The second-order valence-electron chi connectivity index (χ2n) is 3.89. The molecule has 20 heavy (non-hydrogen) atoms. The van der Waals surface area contributed by atoms with Gasteiger partial charge in [-0.2, -0.15) is 28.1 Å². The minimum absolute atomic E-state index is 0.0896. The molecule has 2 aromatic rings. The molecule has 108 valence electrons. The van der Waals surface area contributed by atoms with Crippen molar-refractivity contribution in [3.05, 3.63) is 18.7 Å². The van der Waals surface area contributed by atoms with Gasteiger partial charge in [-0.1, -0.05) is 0 Å². The number of alkyl halides is 3. The van der Waals surface area contributed by atoms with Crippen LogP contribution in [0, 0.1) is 0 Å². The van der Waals surface area contributed by atoms with Crippen LogP contribution in [0.4, 0.5) is 25.1 Å². The molecule has 0 aromatic carbocycles. The van der Waals surface area contributed by atoms with Gasteiger partial charge in [0.15, 0.2) is 0 Å². The van der Waals surface area contributed by atoms with Crippen LogP contribution < -0.4 is 10.6 Å². The SMILES string of the molecule is CCN(CC(F)(F)F)c1nc(N)nc(-n2ccnc2)n1. The maximum absolute atomic E-state index is 12.5. The van der Waals surface area contributed by atoms with Crippen molar-refractivity contribution in [2.45, 2.75) is 13.1 Å². The third-order valence-corrected chi connectivity index (χ3v) is 2.40. The zero-order valence-corrected chi connectivity index (χ0v) is 10.5. The van der Waals surface area contributed by atoms with Gasteiger partial charge < -0.3 is 10.6 Å². The highest BCUT2D eigenvalue weighted by molar-refractivity contribution is 5.38. The van der Waals surface area contributed by atoms with Gasteiger partial charge in [0.1, 0.15) is 12.9 Å². The molecule has 0 aliphatic heterocycles. The normalized spacial score (nSPS) is 11.6. The highest BCUT2D eigenvalue weighted by Crippen LogP contribution is 2.20. The van der Waals surface area contributed by atoms with Crippen LogP contribution >= 0.6 is 0 Å². The van der Waals surface area contributed by atoms with Crippen LogP contribution in [0.15, 0.2) is 18.7 Å². The van der Waals surface area contributed by atoms with Crippen molar-refractivity contribution < 1.29 is 13.2 Å². The number of aromatic nitrogens is 5. The van der Waals surface area contributed by atoms with E-state index in [1.54, 1.807) is 13.1 Å². The van der Waals surface area contributed by atoms with E-state index in [0.717, 1.165) is 4.90 Å². The average Bonchev–Trinajstić information content (AvgIpc) is 2.88. The minimum Gasteiger partial charge on any atom is -0.368 e. The molecule has 10 heteroatoms. The predicted octanol–water partition coefficient (Wildman–Crippen LogP) is 1.03. The zero-order valence-electron chi connectivity index (χ0n) is 10.5. The summed E-state index contributed by atoms with van der Waals surface area (Å²) in [4.78, 5) is 16.4. The Morgan fingerprint density at radius 1 is 1.30 bits per heavy atom. The smallest absolute Gasteiger partial charge is 0.368 e. The molecule has 7 nitrogen and oxygen atoms in total. The van der Waals surface area contributed by atoms with Gasteiger partial charge in [-0.15, -0.1) is 0 Å². The Balaban J connectivity index is 2.36. The van der Waals surface area contributed by atoms with Crippen LogP contribution in [-0.4, -0.2) is 43.8 Å². The second-order valence-corrected chi connectivity index (χ2v) is 3.89. The van der Waals surface area contributed by atoms with E-state index >= 15 is 0 Å². The van der Waals surface area contributed by atoms with Crippen molar-refractivity contribution in [1.29, 1.82) is 0 Å². The van der Waals surface area contributed by atoms with E-state index in [0.29, 0.717) is 0 Å². The molecule has 2 rings (SSSR count). The molecule has 0 fully saturated rings. The molecular weight excluding hydrogens is 275 g/mol. The molecule has 0 amide bonds. The Labute approximate surface area is 112 Å². The fourth-order valence-electron chi connectivity index (χ4n) is 1.54. The lowest BCUT2D eigenvalue weighted by Gasteiger charge is -2.22. The molecule has 0 bridgehead atoms. The van der Waals surface area contributed by atoms with Gasteiger partial charge in [0.2, 0.25) is 17.8 Å². The van der Waals surface area contributed by atoms with Gasteiger partial charge in [-0.3, -0.25) is 4.57 Å². The van der Waals surface area contributed by atoms with Gasteiger partial charge in [-0.25, -0.2) is 4.98 Å². The van der Waals surface area contributed by atoms with Crippen molar-refractivity contribution >= 4 is 11.9 Å². The summed E-state index contributed by atoms with van der Waals surface area (Å²) in [6.45, 7) is 0.505. The van der Waals surface area contributed by atoms with Crippen molar-refractivity contribution in [2.24, 2.45) is 0 Å². The summed E-state index contributed by atoms with van der Waals surface area (Å²) < 4.78 is 38.9. The minimum atomic E-state index is -4.35. The lowest BCUT2D eigenvalue weighted by molar-refractivity contribution is -0.119. The summed E-state index contributed by atoms with van der Waals surface area (Å²) in [6.07, 6.45) is 0.108. The molecule has 0 unspecified atom stereocenters. The number of imidazole rings is 1. The van der Waals surface area contributed by atoms with Gasteiger partial charge >= 0.3 is 6.18 Å². The summed E-state index contributed by atoms with van der Waals surface area (Å²) in [5.41, 5.74) is 5.52. The largest absolute Gasteiger partial charge is 0.406 e. The molecule has 0 aliphatic rings. The fraction of sp³-hybridized carbons (Fsp3) is 0.400. The van der Waals surface area contributed by atoms with Gasteiger partial charge in [-0.05, 0) is 6.92 Å². The molecule has 2 N–H and O–H groups in total. The molecule has 0 spiro atoms. The first-order chi connectivity index (χ1) is 9.39. The number of rotatable bonds is 4. The van der Waals surface area contributed by atoms with Gasteiger partial charge in [0.05, 0.1) is 0 Å². The number of hydrogen-bond acceptors (Lipinski definition) is 6. The van der Waals surface area contributed by atoms with Gasteiger partial charge in [0.25, 0.3) is 0 Å². The zero-order chi connectivity index (χ0) is 14.8. The number of hydrogen-bond donors (Lipinski definition) is 1. The fourth-order valence-corrected chi connectivity index (χ4v) is 1.54. The van der Waals surface area contributed by atoms with Crippen molar-refractivity contribution in [3.8, 4) is 5.95 Å². The van der Waals surface area contributed by atoms with Crippen LogP contribution in [0.2, 0.25) is 0 Å². The lowest BCUT2D eigenvalue weighted by atomic mass is 10.5. The number of anilines is 2. The first-order valence-corrected chi connectivity index (χ1v) is 5.70. The van der Waals surface area contributed by atoms with Gasteiger partial charge in [0, 0.05) is 18.9 Å². The summed E-state index contributed by atoms with van der Waals surface area (Å²) >= 11 is 0. The first kappa shape index (κ1) is 14.0. The molecular formula is C10H12F3N7. The Morgan fingerprint density at radius 2 is 2.05 bits per heavy atom. The number of nitrogens with two attached hydrogens (primary N) is 1. The number of nitrogens with zero attached hydrogens (tertiary/aromatic N) is 6. The van der Waals surface area contributed by atoms with E-state index in [1.807, 2.05) is 0 Å². The van der Waals surface area contributed by atoms with Crippen LogP contribution in [0.3, 0.4) is 0 Å². The third kappa shape index (κ3) is 3.33. The first-order valence-electron chi connectivity index (χ1n) is 5.70. The topological polar surface area (TPSA) is 85.8 Å². The molecule has 0 radical (unpaired) electrons. The predicted molar refractivity (Wildman–Crippen MR) is 65.3 cm³/mol. The van der Waals surface area contributed by atoms with Crippen LogP contribution in [0.25, 0.3) is 5.95 Å². The summed E-state index contributed by atoms with van der Waals surface area (Å²) in [6, 6.07) is 0. The highest BCUT2D eigenvalue weighted by Gasteiger charge is 2.31. The summed E-state index contributed by atoms with van der Waals surface area (Å²) in [5, 5.41) is 0. The Kier molecular flexibility index (Phi) is 3.72. The van der Waals surface area contributed by atoms with Crippen molar-refractivity contribution in [3.63, 3.8) is 0 Å². The summed E-state index contributed by atoms with van der Waals surface area (Å²) in [5.74, 6) is -0.161. The van der Waals surface area contributed by atoms with Crippen molar-refractivity contribution in [2.75, 3.05) is 23.7 Å². The van der Waals surface area contributed by atoms with E-state index in [1.165, 1.54) is 17.1 Å². The molecule has 0 atom stereocenters. The third-order valence-electron chi connectivity index (χ3n) is 2.40. The number of nitrogen functional groups attached to an aromatic ring is 1.